The lowest BCUT2D eigenvalue weighted by Gasteiger charge is -2.24. The maximum absolute atomic E-state index is 5.62. The van der Waals surface area contributed by atoms with E-state index in [1.807, 2.05) is 25.4 Å². The van der Waals surface area contributed by atoms with Crippen LogP contribution in [-0.4, -0.2) is 26.7 Å². The number of hydrogen-bond acceptors (Lipinski definition) is 3. The lowest BCUT2D eigenvalue weighted by atomic mass is 9.84. The van der Waals surface area contributed by atoms with Gasteiger partial charge < -0.3 is 15.1 Å². The van der Waals surface area contributed by atoms with Crippen molar-refractivity contribution >= 4 is 11.0 Å². The zero-order valence-corrected chi connectivity index (χ0v) is 11.4. The first-order chi connectivity index (χ1) is 8.65. The summed E-state index contributed by atoms with van der Waals surface area (Å²) in [5.74, 6) is 0. The molecule has 1 heterocycles. The maximum Gasteiger partial charge on any atom is 0.134 e. The third-order valence-electron chi connectivity index (χ3n) is 3.33. The fourth-order valence-corrected chi connectivity index (χ4v) is 2.21. The predicted octanol–water partition coefficient (Wildman–Crippen LogP) is 2.52. The van der Waals surface area contributed by atoms with Crippen LogP contribution in [0.25, 0.3) is 11.0 Å². The summed E-state index contributed by atoms with van der Waals surface area (Å²) < 4.78 is 5.62. The molecule has 98 valence electrons. The summed E-state index contributed by atoms with van der Waals surface area (Å²) in [5.41, 5.74) is 2.31. The summed E-state index contributed by atoms with van der Waals surface area (Å²) in [6.07, 6.45) is 1.89. The van der Waals surface area contributed by atoms with Crippen molar-refractivity contribution in [1.29, 1.82) is 0 Å². The molecule has 0 spiro atoms. The van der Waals surface area contributed by atoms with Crippen LogP contribution in [0, 0.1) is 0 Å². The van der Waals surface area contributed by atoms with Gasteiger partial charge in [-0.2, -0.15) is 0 Å². The molecule has 1 aromatic carbocycles. The average Bonchev–Trinajstić information content (AvgIpc) is 2.79. The molecule has 0 radical (unpaired) electrons. The molecule has 0 aliphatic heterocycles. The van der Waals surface area contributed by atoms with Gasteiger partial charge in [-0.1, -0.05) is 32.0 Å². The first kappa shape index (κ1) is 13.1. The Hall–Kier alpha value is -1.32. The van der Waals surface area contributed by atoms with Crippen LogP contribution >= 0.6 is 0 Å². The van der Waals surface area contributed by atoms with Crippen LogP contribution in [0.1, 0.15) is 19.4 Å². The minimum Gasteiger partial charge on any atom is -0.464 e. The molecule has 0 aliphatic rings. The van der Waals surface area contributed by atoms with Gasteiger partial charge in [0.15, 0.2) is 0 Å². The minimum absolute atomic E-state index is 0.0698. The van der Waals surface area contributed by atoms with Crippen LogP contribution in [0.2, 0.25) is 0 Å². The second-order valence-corrected chi connectivity index (χ2v) is 5.31. The van der Waals surface area contributed by atoms with Crippen LogP contribution in [-0.2, 0) is 5.41 Å². The zero-order chi connectivity index (χ0) is 13.0. The number of nitrogens with one attached hydrogen (secondary N) is 2. The Morgan fingerprint density at radius 2 is 1.94 bits per heavy atom. The smallest absolute Gasteiger partial charge is 0.134 e. The Bertz CT molecular complexity index is 502. The third kappa shape index (κ3) is 2.74. The lowest BCUT2D eigenvalue weighted by Crippen LogP contribution is -2.36. The van der Waals surface area contributed by atoms with E-state index in [0.29, 0.717) is 0 Å². The summed E-state index contributed by atoms with van der Waals surface area (Å²) in [5, 5.41) is 7.83. The Morgan fingerprint density at radius 3 is 2.72 bits per heavy atom. The Kier molecular flexibility index (Phi) is 4.04. The summed E-state index contributed by atoms with van der Waals surface area (Å²) in [7, 11) is 1.97. The van der Waals surface area contributed by atoms with Gasteiger partial charge in [-0.15, -0.1) is 0 Å². The summed E-state index contributed by atoms with van der Waals surface area (Å²) >= 11 is 0. The van der Waals surface area contributed by atoms with Crippen LogP contribution in [0.3, 0.4) is 0 Å². The first-order valence-corrected chi connectivity index (χ1v) is 6.47. The molecular formula is C15H22N2O. The molecular weight excluding hydrogens is 224 g/mol. The van der Waals surface area contributed by atoms with Crippen molar-refractivity contribution in [2.75, 3.05) is 26.7 Å². The van der Waals surface area contributed by atoms with Gasteiger partial charge in [0.05, 0.1) is 6.26 Å². The van der Waals surface area contributed by atoms with Gasteiger partial charge in [0.1, 0.15) is 5.58 Å². The van der Waals surface area contributed by atoms with Gasteiger partial charge in [-0.25, -0.2) is 0 Å². The van der Waals surface area contributed by atoms with Gasteiger partial charge in [0.25, 0.3) is 0 Å². The highest BCUT2D eigenvalue weighted by Crippen LogP contribution is 2.31. The van der Waals surface area contributed by atoms with E-state index in [2.05, 4.69) is 36.6 Å². The molecule has 18 heavy (non-hydrogen) atoms. The highest BCUT2D eigenvalue weighted by molar-refractivity contribution is 5.82. The molecule has 2 rings (SSSR count). The van der Waals surface area contributed by atoms with E-state index >= 15 is 0 Å². The van der Waals surface area contributed by atoms with Crippen molar-refractivity contribution < 1.29 is 4.42 Å². The van der Waals surface area contributed by atoms with E-state index in [-0.39, 0.29) is 5.41 Å². The molecule has 0 aliphatic carbocycles. The quantitative estimate of drug-likeness (QED) is 0.769. The van der Waals surface area contributed by atoms with Crippen molar-refractivity contribution in [3.05, 3.63) is 36.1 Å². The largest absolute Gasteiger partial charge is 0.464 e. The van der Waals surface area contributed by atoms with E-state index in [9.17, 15) is 0 Å². The van der Waals surface area contributed by atoms with Crippen LogP contribution < -0.4 is 10.6 Å². The number of rotatable bonds is 6. The first-order valence-electron chi connectivity index (χ1n) is 6.47. The monoisotopic (exact) mass is 246 g/mol. The van der Waals surface area contributed by atoms with Gasteiger partial charge in [-0.3, -0.25) is 0 Å². The van der Waals surface area contributed by atoms with Gasteiger partial charge >= 0.3 is 0 Å². The van der Waals surface area contributed by atoms with E-state index in [1.165, 1.54) is 10.9 Å². The molecule has 0 atom stereocenters. The van der Waals surface area contributed by atoms with Crippen LogP contribution in [0.15, 0.2) is 34.9 Å². The standard InChI is InChI=1S/C15H22N2O/c1-15(2,11-17-9-8-16-3)13-10-18-14-7-5-4-6-12(13)14/h4-7,10,16-17H,8-9,11H2,1-3H3. The Labute approximate surface area is 109 Å². The summed E-state index contributed by atoms with van der Waals surface area (Å²) in [6, 6.07) is 8.21. The van der Waals surface area contributed by atoms with E-state index in [0.717, 1.165) is 25.2 Å². The fraction of sp³-hybridized carbons (Fsp3) is 0.467. The number of fused-ring (bicyclic) bond motifs is 1. The normalized spacial score (nSPS) is 12.2. The van der Waals surface area contributed by atoms with E-state index in [4.69, 9.17) is 4.42 Å². The van der Waals surface area contributed by atoms with Crippen molar-refractivity contribution in [1.82, 2.24) is 10.6 Å². The Balaban J connectivity index is 2.13. The molecule has 0 unspecified atom stereocenters. The van der Waals surface area contributed by atoms with Crippen molar-refractivity contribution in [3.8, 4) is 0 Å². The van der Waals surface area contributed by atoms with Crippen LogP contribution in [0.4, 0.5) is 0 Å². The molecule has 0 saturated heterocycles. The number of furan rings is 1. The maximum atomic E-state index is 5.62. The molecule has 0 fully saturated rings. The molecule has 0 saturated carbocycles. The van der Waals surface area contributed by atoms with Crippen molar-refractivity contribution in [2.24, 2.45) is 0 Å². The third-order valence-corrected chi connectivity index (χ3v) is 3.33. The van der Waals surface area contributed by atoms with E-state index < -0.39 is 0 Å². The van der Waals surface area contributed by atoms with Gasteiger partial charge in [0.2, 0.25) is 0 Å². The number of hydrogen-bond donors (Lipinski definition) is 2. The Morgan fingerprint density at radius 1 is 1.17 bits per heavy atom. The minimum atomic E-state index is 0.0698. The fourth-order valence-electron chi connectivity index (χ4n) is 2.21. The number of para-hydroxylation sites is 1. The molecule has 2 N–H and O–H groups in total. The second-order valence-electron chi connectivity index (χ2n) is 5.31. The molecule has 3 heteroatoms. The average molecular weight is 246 g/mol. The highest BCUT2D eigenvalue weighted by atomic mass is 16.3. The van der Waals surface area contributed by atoms with Gasteiger partial charge in [-0.05, 0) is 13.1 Å². The molecule has 1 aromatic heterocycles. The zero-order valence-electron chi connectivity index (χ0n) is 11.4. The molecule has 3 nitrogen and oxygen atoms in total. The molecule has 0 bridgehead atoms. The lowest BCUT2D eigenvalue weighted by molar-refractivity contribution is 0.463. The SMILES string of the molecule is CNCCNCC(C)(C)c1coc2ccccc12. The highest BCUT2D eigenvalue weighted by Gasteiger charge is 2.24. The molecule has 2 aromatic rings. The summed E-state index contributed by atoms with van der Waals surface area (Å²) in [6.45, 7) is 7.41. The number of likely N-dealkylation sites (N-methyl/N-ethyl adjacent to an activating group) is 1. The topological polar surface area (TPSA) is 37.2 Å². The van der Waals surface area contributed by atoms with Crippen LogP contribution in [0.5, 0.6) is 0 Å². The second kappa shape index (κ2) is 5.55. The van der Waals surface area contributed by atoms with E-state index in [1.54, 1.807) is 0 Å². The molecule has 0 amide bonds. The predicted molar refractivity (Wildman–Crippen MR) is 76.0 cm³/mol. The number of benzene rings is 1. The summed E-state index contributed by atoms with van der Waals surface area (Å²) in [4.78, 5) is 0. The van der Waals surface area contributed by atoms with Crippen molar-refractivity contribution in [3.63, 3.8) is 0 Å². The van der Waals surface area contributed by atoms with Gasteiger partial charge in [0, 0.05) is 36.0 Å². The van der Waals surface area contributed by atoms with Crippen molar-refractivity contribution in [2.45, 2.75) is 19.3 Å².